The number of nitrogens with one attached hydrogen (secondary N) is 1. The van der Waals surface area contributed by atoms with Crippen LogP contribution in [0.4, 0.5) is 5.69 Å². The van der Waals surface area contributed by atoms with E-state index in [0.29, 0.717) is 15.8 Å². The van der Waals surface area contributed by atoms with Crippen LogP contribution in [0.1, 0.15) is 10.9 Å². The molecule has 2 rings (SSSR count). The van der Waals surface area contributed by atoms with Crippen molar-refractivity contribution >= 4 is 50.5 Å². The highest BCUT2D eigenvalue weighted by molar-refractivity contribution is 9.10. The lowest BCUT2D eigenvalue weighted by atomic mass is 10.2. The van der Waals surface area contributed by atoms with Gasteiger partial charge in [-0.3, -0.25) is 0 Å². The minimum absolute atomic E-state index is 0.397. The van der Waals surface area contributed by atoms with Crippen LogP contribution in [0.3, 0.4) is 0 Å². The number of hydrogen-bond donors (Lipinski definition) is 1. The summed E-state index contributed by atoms with van der Waals surface area (Å²) in [5.41, 5.74) is 0.705. The van der Waals surface area contributed by atoms with Gasteiger partial charge >= 0.3 is 5.97 Å². The van der Waals surface area contributed by atoms with Gasteiger partial charge in [0.1, 0.15) is 10.1 Å². The van der Waals surface area contributed by atoms with Crippen LogP contribution in [-0.4, -0.2) is 20.2 Å². The maximum absolute atomic E-state index is 12.1. The van der Waals surface area contributed by atoms with Gasteiger partial charge in [-0.25, -0.2) is 4.79 Å². The Balaban J connectivity index is 2.35. The molecular formula is C14H13BrClNO3S. The lowest BCUT2D eigenvalue weighted by Crippen LogP contribution is -2.21. The Morgan fingerprint density at radius 3 is 2.67 bits per heavy atom. The molecule has 21 heavy (non-hydrogen) atoms. The number of halogens is 2. The van der Waals surface area contributed by atoms with Gasteiger partial charge in [0.2, 0.25) is 0 Å². The van der Waals surface area contributed by atoms with Crippen LogP contribution in [0.5, 0.6) is 5.75 Å². The van der Waals surface area contributed by atoms with Crippen molar-refractivity contribution in [2.24, 2.45) is 0 Å². The first-order valence-corrected chi connectivity index (χ1v) is 7.97. The summed E-state index contributed by atoms with van der Waals surface area (Å²) in [5, 5.41) is 3.14. The molecule has 0 fully saturated rings. The molecule has 7 heteroatoms. The standard InChI is InChI=1S/C14H13BrClNO3S/c1-19-10-6-4-3-5-9(10)17-12(14(18)20-2)11-7-8(15)13(16)21-11/h3-7,12,17H,1-2H3. The van der Waals surface area contributed by atoms with Crippen LogP contribution in [0.15, 0.2) is 34.8 Å². The van der Waals surface area contributed by atoms with E-state index in [1.165, 1.54) is 18.4 Å². The number of para-hydroxylation sites is 2. The number of anilines is 1. The summed E-state index contributed by atoms with van der Waals surface area (Å²) in [5.74, 6) is 0.249. The van der Waals surface area contributed by atoms with E-state index in [9.17, 15) is 4.79 Å². The van der Waals surface area contributed by atoms with Gasteiger partial charge in [-0.2, -0.15) is 0 Å². The lowest BCUT2D eigenvalue weighted by Gasteiger charge is -2.18. The van der Waals surface area contributed by atoms with Crippen molar-refractivity contribution in [3.8, 4) is 5.75 Å². The molecule has 0 aliphatic rings. The molecule has 1 atom stereocenters. The molecule has 0 radical (unpaired) electrons. The molecule has 0 aliphatic carbocycles. The van der Waals surface area contributed by atoms with E-state index in [2.05, 4.69) is 21.2 Å². The average Bonchev–Trinajstić information content (AvgIpc) is 2.83. The third-order valence-corrected chi connectivity index (χ3v) is 5.33. The van der Waals surface area contributed by atoms with Crippen molar-refractivity contribution in [2.45, 2.75) is 6.04 Å². The quantitative estimate of drug-likeness (QED) is 0.764. The number of hydrogen-bond acceptors (Lipinski definition) is 5. The van der Waals surface area contributed by atoms with Crippen molar-refractivity contribution in [1.82, 2.24) is 0 Å². The van der Waals surface area contributed by atoms with E-state index in [-0.39, 0.29) is 0 Å². The molecule has 1 N–H and O–H groups in total. The largest absolute Gasteiger partial charge is 0.495 e. The molecule has 4 nitrogen and oxygen atoms in total. The van der Waals surface area contributed by atoms with Crippen LogP contribution in [-0.2, 0) is 9.53 Å². The second-order valence-electron chi connectivity index (χ2n) is 4.07. The zero-order valence-electron chi connectivity index (χ0n) is 11.4. The fraction of sp³-hybridized carbons (Fsp3) is 0.214. The molecular weight excluding hydrogens is 378 g/mol. The normalized spacial score (nSPS) is 11.8. The lowest BCUT2D eigenvalue weighted by molar-refractivity contribution is -0.141. The maximum Gasteiger partial charge on any atom is 0.333 e. The Labute approximate surface area is 140 Å². The molecule has 1 aromatic carbocycles. The van der Waals surface area contributed by atoms with Gasteiger partial charge in [0.15, 0.2) is 6.04 Å². The van der Waals surface area contributed by atoms with Crippen molar-refractivity contribution in [1.29, 1.82) is 0 Å². The zero-order chi connectivity index (χ0) is 15.4. The van der Waals surface area contributed by atoms with Gasteiger partial charge in [-0.1, -0.05) is 23.7 Å². The Hall–Kier alpha value is -1.24. The average molecular weight is 391 g/mol. The first-order valence-electron chi connectivity index (χ1n) is 5.99. The van der Waals surface area contributed by atoms with Crippen molar-refractivity contribution in [2.75, 3.05) is 19.5 Å². The van der Waals surface area contributed by atoms with Crippen molar-refractivity contribution in [3.05, 3.63) is 44.0 Å². The van der Waals surface area contributed by atoms with Gasteiger partial charge in [0.25, 0.3) is 0 Å². The highest BCUT2D eigenvalue weighted by atomic mass is 79.9. The molecule has 1 aromatic heterocycles. The fourth-order valence-corrected chi connectivity index (χ4v) is 3.56. The molecule has 0 spiro atoms. The molecule has 112 valence electrons. The smallest absolute Gasteiger partial charge is 0.333 e. The number of ether oxygens (including phenoxy) is 2. The number of rotatable bonds is 5. The third kappa shape index (κ3) is 3.70. The highest BCUT2D eigenvalue weighted by Gasteiger charge is 2.25. The van der Waals surface area contributed by atoms with Gasteiger partial charge in [0.05, 0.1) is 19.9 Å². The summed E-state index contributed by atoms with van der Waals surface area (Å²) in [6.45, 7) is 0. The van der Waals surface area contributed by atoms with Crippen molar-refractivity contribution < 1.29 is 14.3 Å². The minimum Gasteiger partial charge on any atom is -0.495 e. The molecule has 0 amide bonds. The summed E-state index contributed by atoms with van der Waals surface area (Å²) in [7, 11) is 2.93. The van der Waals surface area contributed by atoms with Crippen LogP contribution in [0, 0.1) is 0 Å². The van der Waals surface area contributed by atoms with E-state index < -0.39 is 12.0 Å². The summed E-state index contributed by atoms with van der Waals surface area (Å²) in [6, 6.07) is 8.51. The van der Waals surface area contributed by atoms with Gasteiger partial charge in [-0.15, -0.1) is 11.3 Å². The second kappa shape index (κ2) is 7.15. The Morgan fingerprint density at radius 1 is 1.38 bits per heavy atom. The first-order chi connectivity index (χ1) is 10.1. The van der Waals surface area contributed by atoms with Gasteiger partial charge in [-0.05, 0) is 34.1 Å². The SMILES string of the molecule is COC(=O)C(Nc1ccccc1OC)c1cc(Br)c(Cl)s1. The van der Waals surface area contributed by atoms with Crippen LogP contribution in [0.25, 0.3) is 0 Å². The second-order valence-corrected chi connectivity index (χ2v) is 6.61. The van der Waals surface area contributed by atoms with Gasteiger partial charge in [0, 0.05) is 9.35 Å². The summed E-state index contributed by atoms with van der Waals surface area (Å²) in [4.78, 5) is 12.8. The number of esters is 1. The molecule has 2 aromatic rings. The van der Waals surface area contributed by atoms with Crippen molar-refractivity contribution in [3.63, 3.8) is 0 Å². The fourth-order valence-electron chi connectivity index (χ4n) is 1.79. The summed E-state index contributed by atoms with van der Waals surface area (Å²) in [6.07, 6.45) is 0. The Kier molecular flexibility index (Phi) is 5.50. The number of carbonyl (C=O) groups excluding carboxylic acids is 1. The predicted octanol–water partition coefficient (Wildman–Crippen LogP) is 4.50. The van der Waals surface area contributed by atoms with E-state index in [1.54, 1.807) is 13.2 Å². The molecule has 0 aliphatic heterocycles. The monoisotopic (exact) mass is 389 g/mol. The van der Waals surface area contributed by atoms with Crippen LogP contribution in [0.2, 0.25) is 4.34 Å². The molecule has 1 unspecified atom stereocenters. The number of thiophene rings is 1. The highest BCUT2D eigenvalue weighted by Crippen LogP contribution is 2.37. The van der Waals surface area contributed by atoms with E-state index >= 15 is 0 Å². The summed E-state index contributed by atoms with van der Waals surface area (Å²) < 4.78 is 11.5. The number of carbonyl (C=O) groups is 1. The van der Waals surface area contributed by atoms with E-state index in [1.807, 2.05) is 24.3 Å². The topological polar surface area (TPSA) is 47.6 Å². The third-order valence-electron chi connectivity index (χ3n) is 2.79. The Bertz CT molecular complexity index is 627. The van der Waals surface area contributed by atoms with Gasteiger partial charge < -0.3 is 14.8 Å². The molecule has 1 heterocycles. The van der Waals surface area contributed by atoms with Crippen LogP contribution < -0.4 is 10.1 Å². The zero-order valence-corrected chi connectivity index (χ0v) is 14.5. The molecule has 0 saturated heterocycles. The summed E-state index contributed by atoms with van der Waals surface area (Å²) >= 11 is 10.7. The maximum atomic E-state index is 12.1. The van der Waals surface area contributed by atoms with E-state index in [0.717, 1.165) is 9.35 Å². The number of methoxy groups -OCH3 is 2. The van der Waals surface area contributed by atoms with Crippen LogP contribution >= 0.6 is 38.9 Å². The first kappa shape index (κ1) is 16.1. The Morgan fingerprint density at radius 2 is 2.10 bits per heavy atom. The molecule has 0 bridgehead atoms. The number of benzene rings is 1. The van der Waals surface area contributed by atoms with E-state index in [4.69, 9.17) is 21.1 Å². The minimum atomic E-state index is -0.653. The predicted molar refractivity (Wildman–Crippen MR) is 88.4 cm³/mol. The molecule has 0 saturated carbocycles.